The van der Waals surface area contributed by atoms with Crippen LogP contribution in [0.1, 0.15) is 45.2 Å². The molecule has 0 saturated heterocycles. The van der Waals surface area contributed by atoms with Crippen molar-refractivity contribution in [2.75, 3.05) is 0 Å². The van der Waals surface area contributed by atoms with Gasteiger partial charge in [-0.2, -0.15) is 0 Å². The lowest BCUT2D eigenvalue weighted by Gasteiger charge is -2.18. The molecule has 1 unspecified atom stereocenters. The molecule has 1 aromatic carbocycles. The third kappa shape index (κ3) is 3.95. The summed E-state index contributed by atoms with van der Waals surface area (Å²) >= 11 is 1.55. The van der Waals surface area contributed by atoms with Gasteiger partial charge in [0, 0.05) is 16.7 Å². The van der Waals surface area contributed by atoms with Gasteiger partial charge in [-0.3, -0.25) is 9.59 Å². The van der Waals surface area contributed by atoms with Gasteiger partial charge in [-0.15, -0.1) is 11.3 Å². The molecule has 1 amide bonds. The Bertz CT molecular complexity index is 664. The predicted molar refractivity (Wildman–Crippen MR) is 87.3 cm³/mol. The van der Waals surface area contributed by atoms with Crippen molar-refractivity contribution in [2.24, 2.45) is 0 Å². The third-order valence-corrected chi connectivity index (χ3v) is 4.70. The van der Waals surface area contributed by atoms with Gasteiger partial charge in [0.2, 0.25) is 0 Å². The van der Waals surface area contributed by atoms with Crippen molar-refractivity contribution in [2.45, 2.75) is 32.7 Å². The van der Waals surface area contributed by atoms with Gasteiger partial charge in [-0.05, 0) is 31.4 Å². The lowest BCUT2D eigenvalue weighted by molar-refractivity contribution is -0.137. The quantitative estimate of drug-likeness (QED) is 0.853. The summed E-state index contributed by atoms with van der Waals surface area (Å²) in [5.41, 5.74) is 2.56. The predicted octanol–water partition coefficient (Wildman–Crippen LogP) is 3.70. The molecule has 4 nitrogen and oxygen atoms in total. The highest BCUT2D eigenvalue weighted by Crippen LogP contribution is 2.23. The number of carboxylic acid groups (broad SMARTS) is 1. The molecule has 0 saturated carbocycles. The van der Waals surface area contributed by atoms with Gasteiger partial charge >= 0.3 is 5.97 Å². The van der Waals surface area contributed by atoms with Crippen molar-refractivity contribution in [3.8, 4) is 0 Å². The smallest absolute Gasteiger partial charge is 0.303 e. The molecule has 0 fully saturated rings. The number of carbonyl (C=O) groups is 2. The Morgan fingerprint density at radius 2 is 1.91 bits per heavy atom. The molecule has 1 atom stereocenters. The van der Waals surface area contributed by atoms with E-state index in [4.69, 9.17) is 5.11 Å². The Morgan fingerprint density at radius 1 is 1.23 bits per heavy atom. The number of aryl methyl sites for hydroxylation is 1. The van der Waals surface area contributed by atoms with Crippen molar-refractivity contribution in [3.63, 3.8) is 0 Å². The van der Waals surface area contributed by atoms with E-state index < -0.39 is 5.97 Å². The number of hydrogen-bond acceptors (Lipinski definition) is 3. The number of carboxylic acids is 1. The molecule has 0 aliphatic carbocycles. The van der Waals surface area contributed by atoms with E-state index in [9.17, 15) is 9.59 Å². The number of nitrogens with one attached hydrogen (secondary N) is 1. The summed E-state index contributed by atoms with van der Waals surface area (Å²) < 4.78 is 0. The number of benzene rings is 1. The molecule has 0 bridgehead atoms. The molecule has 0 aliphatic heterocycles. The summed E-state index contributed by atoms with van der Waals surface area (Å²) in [6.07, 6.45) is 0.384. The van der Waals surface area contributed by atoms with Crippen molar-refractivity contribution in [1.82, 2.24) is 5.32 Å². The highest BCUT2D eigenvalue weighted by atomic mass is 32.1. The van der Waals surface area contributed by atoms with Crippen LogP contribution in [0.15, 0.2) is 35.7 Å². The maximum atomic E-state index is 12.5. The first kappa shape index (κ1) is 16.2. The fourth-order valence-corrected chi connectivity index (χ4v) is 3.11. The van der Waals surface area contributed by atoms with Gasteiger partial charge in [0.05, 0.1) is 11.6 Å². The van der Waals surface area contributed by atoms with Crippen LogP contribution in [-0.4, -0.2) is 17.0 Å². The summed E-state index contributed by atoms with van der Waals surface area (Å²) in [4.78, 5) is 24.4. The largest absolute Gasteiger partial charge is 0.481 e. The molecule has 2 N–H and O–H groups in total. The molecule has 116 valence electrons. The van der Waals surface area contributed by atoms with E-state index in [0.717, 1.165) is 16.0 Å². The zero-order valence-electron chi connectivity index (χ0n) is 12.6. The summed E-state index contributed by atoms with van der Waals surface area (Å²) in [6.45, 7) is 3.91. The zero-order chi connectivity index (χ0) is 16.1. The minimum atomic E-state index is -0.863. The molecule has 1 aromatic heterocycles. The van der Waals surface area contributed by atoms with Crippen molar-refractivity contribution in [3.05, 3.63) is 57.3 Å². The minimum absolute atomic E-state index is 0.0154. The average Bonchev–Trinajstić information content (AvgIpc) is 2.84. The number of carbonyl (C=O) groups excluding carboxylic acids is 1. The molecular formula is C17H19NO3S. The van der Waals surface area contributed by atoms with E-state index in [0.29, 0.717) is 12.0 Å². The second-order valence-electron chi connectivity index (χ2n) is 5.20. The number of aliphatic carboxylic acids is 1. The van der Waals surface area contributed by atoms with Gasteiger partial charge < -0.3 is 10.4 Å². The summed E-state index contributed by atoms with van der Waals surface area (Å²) in [6, 6.07) is 9.16. The van der Waals surface area contributed by atoms with Crippen LogP contribution in [0.4, 0.5) is 0 Å². The summed E-state index contributed by atoms with van der Waals surface area (Å²) in [7, 11) is 0. The molecule has 0 spiro atoms. The Morgan fingerprint density at radius 3 is 2.45 bits per heavy atom. The van der Waals surface area contributed by atoms with Gasteiger partial charge in [0.1, 0.15) is 0 Å². The van der Waals surface area contributed by atoms with E-state index in [-0.39, 0.29) is 18.4 Å². The Kier molecular flexibility index (Phi) is 5.33. The first-order chi connectivity index (χ1) is 10.5. The number of thiophene rings is 1. The normalized spacial score (nSPS) is 11.9. The highest BCUT2D eigenvalue weighted by molar-refractivity contribution is 7.10. The zero-order valence-corrected chi connectivity index (χ0v) is 13.4. The fourth-order valence-electron chi connectivity index (χ4n) is 2.25. The molecule has 5 heteroatoms. The second-order valence-corrected chi connectivity index (χ2v) is 6.28. The summed E-state index contributed by atoms with van der Waals surface area (Å²) in [5, 5.41) is 13.7. The maximum Gasteiger partial charge on any atom is 0.303 e. The van der Waals surface area contributed by atoms with E-state index in [2.05, 4.69) is 5.32 Å². The monoisotopic (exact) mass is 317 g/mol. The average molecular weight is 317 g/mol. The van der Waals surface area contributed by atoms with E-state index in [1.54, 1.807) is 11.3 Å². The Labute approximate surface area is 133 Å². The number of amides is 1. The molecule has 22 heavy (non-hydrogen) atoms. The van der Waals surface area contributed by atoms with Gasteiger partial charge in [0.25, 0.3) is 5.91 Å². The molecule has 2 aromatic rings. The number of hydrogen-bond donors (Lipinski definition) is 2. The second kappa shape index (κ2) is 7.22. The SMILES string of the molecule is Cc1scc(C(=O)NC(CCC(=O)O)c2ccccc2)c1C. The molecule has 1 heterocycles. The van der Waals surface area contributed by atoms with Crippen LogP contribution >= 0.6 is 11.3 Å². The van der Waals surface area contributed by atoms with E-state index >= 15 is 0 Å². The van der Waals surface area contributed by atoms with Crippen molar-refractivity contribution in [1.29, 1.82) is 0 Å². The molecule has 2 rings (SSSR count). The van der Waals surface area contributed by atoms with E-state index in [1.165, 1.54) is 0 Å². The van der Waals surface area contributed by atoms with Crippen molar-refractivity contribution < 1.29 is 14.7 Å². The Hall–Kier alpha value is -2.14. The van der Waals surface area contributed by atoms with Crippen LogP contribution in [0.5, 0.6) is 0 Å². The van der Waals surface area contributed by atoms with Crippen LogP contribution in [-0.2, 0) is 4.79 Å². The van der Waals surface area contributed by atoms with Crippen LogP contribution in [0.2, 0.25) is 0 Å². The van der Waals surface area contributed by atoms with Gasteiger partial charge in [-0.25, -0.2) is 0 Å². The lowest BCUT2D eigenvalue weighted by atomic mass is 10.0. The lowest BCUT2D eigenvalue weighted by Crippen LogP contribution is -2.29. The van der Waals surface area contributed by atoms with Gasteiger partial charge in [0.15, 0.2) is 0 Å². The molecular weight excluding hydrogens is 298 g/mol. The topological polar surface area (TPSA) is 66.4 Å². The van der Waals surface area contributed by atoms with Crippen LogP contribution in [0.3, 0.4) is 0 Å². The van der Waals surface area contributed by atoms with Crippen LogP contribution in [0, 0.1) is 13.8 Å². The standard InChI is InChI=1S/C17H19NO3S/c1-11-12(2)22-10-14(11)17(21)18-15(8-9-16(19)20)13-6-4-3-5-7-13/h3-7,10,15H,8-9H2,1-2H3,(H,18,21)(H,19,20). The first-order valence-corrected chi connectivity index (χ1v) is 7.99. The molecule has 0 radical (unpaired) electrons. The summed E-state index contributed by atoms with van der Waals surface area (Å²) in [5.74, 6) is -1.01. The van der Waals surface area contributed by atoms with Gasteiger partial charge in [-0.1, -0.05) is 30.3 Å². The molecule has 0 aliphatic rings. The van der Waals surface area contributed by atoms with E-state index in [1.807, 2.05) is 49.6 Å². The third-order valence-electron chi connectivity index (χ3n) is 3.68. The first-order valence-electron chi connectivity index (χ1n) is 7.11. The van der Waals surface area contributed by atoms with Crippen molar-refractivity contribution >= 4 is 23.2 Å². The Balaban J connectivity index is 2.17. The number of rotatable bonds is 6. The van der Waals surface area contributed by atoms with Crippen LogP contribution < -0.4 is 5.32 Å². The van der Waals surface area contributed by atoms with Crippen LogP contribution in [0.25, 0.3) is 0 Å². The fraction of sp³-hybridized carbons (Fsp3) is 0.294. The highest BCUT2D eigenvalue weighted by Gasteiger charge is 2.19. The minimum Gasteiger partial charge on any atom is -0.481 e. The maximum absolute atomic E-state index is 12.5.